The lowest BCUT2D eigenvalue weighted by Gasteiger charge is -2.24. The van der Waals surface area contributed by atoms with Crippen LogP contribution in [0.15, 0.2) is 18.3 Å². The molecule has 1 aliphatic carbocycles. The summed E-state index contributed by atoms with van der Waals surface area (Å²) in [6, 6.07) is 3.24. The van der Waals surface area contributed by atoms with Crippen LogP contribution in [0.4, 0.5) is 0 Å². The van der Waals surface area contributed by atoms with Crippen LogP contribution in [0.2, 0.25) is 0 Å². The molecule has 1 saturated carbocycles. The van der Waals surface area contributed by atoms with Gasteiger partial charge >= 0.3 is 5.97 Å². The van der Waals surface area contributed by atoms with Crippen molar-refractivity contribution in [1.82, 2.24) is 9.88 Å². The molecule has 1 aromatic rings. The third kappa shape index (κ3) is 3.30. The second-order valence-electron chi connectivity index (χ2n) is 5.32. The molecular formula is C14H18N2O3. The molecule has 1 N–H and O–H groups in total. The molecule has 1 amide bonds. The number of carboxylic acid groups (broad SMARTS) is 1. The van der Waals surface area contributed by atoms with Crippen LogP contribution in [0, 0.1) is 5.92 Å². The van der Waals surface area contributed by atoms with Crippen molar-refractivity contribution in [3.05, 3.63) is 29.6 Å². The van der Waals surface area contributed by atoms with Gasteiger partial charge in [-0.2, -0.15) is 0 Å². The monoisotopic (exact) mass is 262 g/mol. The summed E-state index contributed by atoms with van der Waals surface area (Å²) >= 11 is 0. The number of carbonyl (C=O) groups excluding carboxylic acids is 1. The number of hydrogen-bond acceptors (Lipinski definition) is 3. The van der Waals surface area contributed by atoms with E-state index in [0.29, 0.717) is 24.1 Å². The largest absolute Gasteiger partial charge is 0.477 e. The summed E-state index contributed by atoms with van der Waals surface area (Å²) in [5.74, 6) is -0.817. The average molecular weight is 262 g/mol. The highest BCUT2D eigenvalue weighted by molar-refractivity contribution is 5.97. The molecule has 2 rings (SSSR count). The number of pyridine rings is 1. The number of amides is 1. The maximum absolute atomic E-state index is 12.4. The van der Waals surface area contributed by atoms with Gasteiger partial charge in [-0.1, -0.05) is 13.8 Å². The Morgan fingerprint density at radius 3 is 2.68 bits per heavy atom. The van der Waals surface area contributed by atoms with E-state index in [1.54, 1.807) is 6.07 Å². The Morgan fingerprint density at radius 1 is 1.47 bits per heavy atom. The smallest absolute Gasteiger partial charge is 0.354 e. The first kappa shape index (κ1) is 13.5. The molecular weight excluding hydrogens is 244 g/mol. The predicted molar refractivity (Wildman–Crippen MR) is 70.1 cm³/mol. The van der Waals surface area contributed by atoms with Crippen LogP contribution in [0.3, 0.4) is 0 Å². The molecule has 0 aromatic carbocycles. The van der Waals surface area contributed by atoms with Crippen molar-refractivity contribution in [2.45, 2.75) is 32.7 Å². The molecule has 1 aromatic heterocycles. The SMILES string of the molecule is CC(C)CN(C(=O)c1ccnc(C(=O)O)c1)C1CC1. The van der Waals surface area contributed by atoms with E-state index in [1.165, 1.54) is 12.3 Å². The Morgan fingerprint density at radius 2 is 2.16 bits per heavy atom. The average Bonchev–Trinajstić information content (AvgIpc) is 3.19. The molecule has 102 valence electrons. The highest BCUT2D eigenvalue weighted by atomic mass is 16.4. The normalized spacial score (nSPS) is 14.5. The number of hydrogen-bond donors (Lipinski definition) is 1. The van der Waals surface area contributed by atoms with Crippen LogP contribution >= 0.6 is 0 Å². The maximum atomic E-state index is 12.4. The van der Waals surface area contributed by atoms with Crippen molar-refractivity contribution < 1.29 is 14.7 Å². The molecule has 0 aliphatic heterocycles. The van der Waals surface area contributed by atoms with E-state index in [2.05, 4.69) is 18.8 Å². The van der Waals surface area contributed by atoms with E-state index >= 15 is 0 Å². The molecule has 1 heterocycles. The van der Waals surface area contributed by atoms with Gasteiger partial charge in [0.2, 0.25) is 0 Å². The molecule has 1 aliphatic rings. The van der Waals surface area contributed by atoms with Crippen LogP contribution in [-0.4, -0.2) is 39.5 Å². The number of aromatic carboxylic acids is 1. The molecule has 5 nitrogen and oxygen atoms in total. The number of nitrogens with zero attached hydrogens (tertiary/aromatic N) is 2. The molecule has 0 radical (unpaired) electrons. The molecule has 0 spiro atoms. The summed E-state index contributed by atoms with van der Waals surface area (Å²) in [4.78, 5) is 28.9. The second kappa shape index (κ2) is 5.38. The third-order valence-corrected chi connectivity index (χ3v) is 3.04. The Hall–Kier alpha value is -1.91. The summed E-state index contributed by atoms with van der Waals surface area (Å²) in [7, 11) is 0. The van der Waals surface area contributed by atoms with Gasteiger partial charge in [-0.05, 0) is 30.9 Å². The quantitative estimate of drug-likeness (QED) is 0.881. The third-order valence-electron chi connectivity index (χ3n) is 3.04. The fourth-order valence-corrected chi connectivity index (χ4v) is 2.02. The minimum atomic E-state index is -1.11. The lowest BCUT2D eigenvalue weighted by atomic mass is 10.1. The molecule has 0 unspecified atom stereocenters. The summed E-state index contributed by atoms with van der Waals surface area (Å²) in [5.41, 5.74) is 0.311. The van der Waals surface area contributed by atoms with Crippen molar-refractivity contribution in [2.75, 3.05) is 6.54 Å². The van der Waals surface area contributed by atoms with Crippen LogP contribution in [-0.2, 0) is 0 Å². The van der Waals surface area contributed by atoms with Crippen molar-refractivity contribution in [1.29, 1.82) is 0 Å². The summed E-state index contributed by atoms with van der Waals surface area (Å²) < 4.78 is 0. The van der Waals surface area contributed by atoms with E-state index in [0.717, 1.165) is 12.8 Å². The Bertz CT molecular complexity index is 495. The number of aromatic nitrogens is 1. The zero-order valence-corrected chi connectivity index (χ0v) is 11.2. The van der Waals surface area contributed by atoms with Crippen molar-refractivity contribution in [2.24, 2.45) is 5.92 Å². The summed E-state index contributed by atoms with van der Waals surface area (Å²) in [6.07, 6.45) is 3.45. The summed E-state index contributed by atoms with van der Waals surface area (Å²) in [5, 5.41) is 8.91. The van der Waals surface area contributed by atoms with Crippen molar-refractivity contribution in [3.8, 4) is 0 Å². The van der Waals surface area contributed by atoms with Gasteiger partial charge in [-0.25, -0.2) is 9.78 Å². The molecule has 0 atom stereocenters. The van der Waals surface area contributed by atoms with Crippen molar-refractivity contribution >= 4 is 11.9 Å². The van der Waals surface area contributed by atoms with Gasteiger partial charge in [0.25, 0.3) is 5.91 Å². The number of carboxylic acids is 1. The lowest BCUT2D eigenvalue weighted by Crippen LogP contribution is -2.36. The van der Waals surface area contributed by atoms with Crippen LogP contribution in [0.5, 0.6) is 0 Å². The zero-order chi connectivity index (χ0) is 14.0. The molecule has 19 heavy (non-hydrogen) atoms. The molecule has 0 bridgehead atoms. The van der Waals surface area contributed by atoms with E-state index in [4.69, 9.17) is 5.11 Å². The molecule has 1 fully saturated rings. The molecule has 5 heteroatoms. The Balaban J connectivity index is 2.21. The minimum absolute atomic E-state index is 0.0915. The highest BCUT2D eigenvalue weighted by Gasteiger charge is 2.33. The first-order valence-corrected chi connectivity index (χ1v) is 6.49. The zero-order valence-electron chi connectivity index (χ0n) is 11.2. The first-order valence-electron chi connectivity index (χ1n) is 6.49. The van der Waals surface area contributed by atoms with E-state index in [1.807, 2.05) is 4.90 Å². The van der Waals surface area contributed by atoms with Crippen LogP contribution in [0.1, 0.15) is 47.5 Å². The van der Waals surface area contributed by atoms with Gasteiger partial charge < -0.3 is 10.0 Å². The second-order valence-corrected chi connectivity index (χ2v) is 5.32. The van der Waals surface area contributed by atoms with Gasteiger partial charge in [0.15, 0.2) is 0 Å². The van der Waals surface area contributed by atoms with Crippen molar-refractivity contribution in [3.63, 3.8) is 0 Å². The van der Waals surface area contributed by atoms with Gasteiger partial charge in [0, 0.05) is 24.3 Å². The highest BCUT2D eigenvalue weighted by Crippen LogP contribution is 2.29. The Labute approximate surface area is 112 Å². The maximum Gasteiger partial charge on any atom is 0.354 e. The number of carbonyl (C=O) groups is 2. The fourth-order valence-electron chi connectivity index (χ4n) is 2.02. The first-order chi connectivity index (χ1) is 8.99. The molecule has 0 saturated heterocycles. The standard InChI is InChI=1S/C14H18N2O3/c1-9(2)8-16(11-3-4-11)13(17)10-5-6-15-12(7-10)14(18)19/h5-7,9,11H,3-4,8H2,1-2H3,(H,18,19). The van der Waals surface area contributed by atoms with E-state index < -0.39 is 5.97 Å². The van der Waals surface area contributed by atoms with Gasteiger partial charge in [0.05, 0.1) is 0 Å². The number of rotatable bonds is 5. The van der Waals surface area contributed by atoms with Crippen LogP contribution in [0.25, 0.3) is 0 Å². The van der Waals surface area contributed by atoms with Gasteiger partial charge in [-0.15, -0.1) is 0 Å². The summed E-state index contributed by atoms with van der Waals surface area (Å²) in [6.45, 7) is 4.84. The topological polar surface area (TPSA) is 70.5 Å². The van der Waals surface area contributed by atoms with Crippen LogP contribution < -0.4 is 0 Å². The lowest BCUT2D eigenvalue weighted by molar-refractivity contribution is 0.0690. The van der Waals surface area contributed by atoms with E-state index in [9.17, 15) is 9.59 Å². The van der Waals surface area contributed by atoms with Gasteiger partial charge in [0.1, 0.15) is 5.69 Å². The van der Waals surface area contributed by atoms with Gasteiger partial charge in [-0.3, -0.25) is 4.79 Å². The fraction of sp³-hybridized carbons (Fsp3) is 0.500. The predicted octanol–water partition coefficient (Wildman–Crippen LogP) is 2.04. The minimum Gasteiger partial charge on any atom is -0.477 e. The van der Waals surface area contributed by atoms with E-state index in [-0.39, 0.29) is 11.6 Å². The Kier molecular flexibility index (Phi) is 3.83.